The molecule has 1 rings (SSSR count). The minimum atomic E-state index is -0.329. The Morgan fingerprint density at radius 2 is 1.94 bits per heavy atom. The van der Waals surface area contributed by atoms with Crippen molar-refractivity contribution in [3.8, 4) is 0 Å². The summed E-state index contributed by atoms with van der Waals surface area (Å²) in [7, 11) is 0. The summed E-state index contributed by atoms with van der Waals surface area (Å²) < 4.78 is 13.5. The fourth-order valence-corrected chi connectivity index (χ4v) is 1.69. The third-order valence-corrected chi connectivity index (χ3v) is 2.76. The van der Waals surface area contributed by atoms with Crippen molar-refractivity contribution in [3.05, 3.63) is 35.6 Å². The van der Waals surface area contributed by atoms with Gasteiger partial charge in [-0.05, 0) is 26.8 Å². The van der Waals surface area contributed by atoms with Crippen LogP contribution in [0.3, 0.4) is 0 Å². The van der Waals surface area contributed by atoms with E-state index >= 15 is 0 Å². The maximum absolute atomic E-state index is 13.5. The zero-order chi connectivity index (χ0) is 12.8. The minimum absolute atomic E-state index is 0.161. The third kappa shape index (κ3) is 3.44. The molecule has 0 spiro atoms. The molecule has 0 bridgehead atoms. The molecule has 1 aromatic carbocycles. The highest BCUT2D eigenvalue weighted by Gasteiger charge is 2.15. The second-order valence-electron chi connectivity index (χ2n) is 3.86. The van der Waals surface area contributed by atoms with Gasteiger partial charge in [-0.15, -0.1) is 0 Å². The number of carbonyl (C=O) groups is 1. The van der Waals surface area contributed by atoms with Crippen molar-refractivity contribution in [3.63, 3.8) is 0 Å². The Labute approximate surface area is 102 Å². The van der Waals surface area contributed by atoms with E-state index in [9.17, 15) is 9.18 Å². The monoisotopic (exact) mass is 238 g/mol. The Morgan fingerprint density at radius 3 is 2.47 bits per heavy atom. The summed E-state index contributed by atoms with van der Waals surface area (Å²) in [6.07, 6.45) is 0. The molecule has 1 aromatic rings. The first-order chi connectivity index (χ1) is 8.10. The Hall–Kier alpha value is -1.58. The number of rotatable bonds is 4. The van der Waals surface area contributed by atoms with Gasteiger partial charge in [0.15, 0.2) is 0 Å². The van der Waals surface area contributed by atoms with E-state index in [4.69, 9.17) is 0 Å². The highest BCUT2D eigenvalue weighted by Crippen LogP contribution is 2.16. The number of urea groups is 1. The number of hydrogen-bond donors (Lipinski definition) is 1. The fraction of sp³-hybridized carbons (Fsp3) is 0.462. The molecular formula is C13H19FN2O. The zero-order valence-electron chi connectivity index (χ0n) is 10.5. The average Bonchev–Trinajstić information content (AvgIpc) is 2.31. The molecule has 0 aromatic heterocycles. The predicted octanol–water partition coefficient (Wildman–Crippen LogP) is 2.94. The number of nitrogens with one attached hydrogen (secondary N) is 1. The number of amides is 2. The van der Waals surface area contributed by atoms with Crippen molar-refractivity contribution in [2.24, 2.45) is 0 Å². The quantitative estimate of drug-likeness (QED) is 0.859. The van der Waals surface area contributed by atoms with Crippen molar-refractivity contribution < 1.29 is 9.18 Å². The number of halogens is 1. The van der Waals surface area contributed by atoms with E-state index in [2.05, 4.69) is 5.32 Å². The van der Waals surface area contributed by atoms with Gasteiger partial charge in [-0.3, -0.25) is 0 Å². The lowest BCUT2D eigenvalue weighted by Crippen LogP contribution is -2.40. The Bertz CT molecular complexity index is 377. The number of hydrogen-bond acceptors (Lipinski definition) is 1. The third-order valence-electron chi connectivity index (χ3n) is 2.76. The standard InChI is InChI=1S/C13H19FN2O/c1-4-16(5-2)13(17)15-10(3)11-8-6-7-9-12(11)14/h6-10H,4-5H2,1-3H3,(H,15,17). The van der Waals surface area contributed by atoms with Gasteiger partial charge in [0.05, 0.1) is 6.04 Å². The second kappa shape index (κ2) is 6.23. The van der Waals surface area contributed by atoms with Crippen molar-refractivity contribution in [2.75, 3.05) is 13.1 Å². The van der Waals surface area contributed by atoms with E-state index in [0.717, 1.165) is 0 Å². The fourth-order valence-electron chi connectivity index (χ4n) is 1.69. The smallest absolute Gasteiger partial charge is 0.317 e. The number of nitrogens with zero attached hydrogens (tertiary/aromatic N) is 1. The first kappa shape index (κ1) is 13.5. The second-order valence-corrected chi connectivity index (χ2v) is 3.86. The van der Waals surface area contributed by atoms with Crippen LogP contribution in [-0.4, -0.2) is 24.0 Å². The molecule has 0 aliphatic heterocycles. The van der Waals surface area contributed by atoms with Gasteiger partial charge in [0, 0.05) is 18.7 Å². The summed E-state index contributed by atoms with van der Waals surface area (Å²) in [5.41, 5.74) is 0.507. The molecule has 94 valence electrons. The van der Waals surface area contributed by atoms with Crippen LogP contribution in [0.1, 0.15) is 32.4 Å². The van der Waals surface area contributed by atoms with Gasteiger partial charge in [0.2, 0.25) is 0 Å². The van der Waals surface area contributed by atoms with Crippen molar-refractivity contribution in [2.45, 2.75) is 26.8 Å². The summed E-state index contributed by atoms with van der Waals surface area (Å²) in [6, 6.07) is 5.99. The normalized spacial score (nSPS) is 12.0. The van der Waals surface area contributed by atoms with Crippen LogP contribution in [0.15, 0.2) is 24.3 Å². The lowest BCUT2D eigenvalue weighted by molar-refractivity contribution is 0.200. The van der Waals surface area contributed by atoms with Gasteiger partial charge in [-0.2, -0.15) is 0 Å². The average molecular weight is 238 g/mol. The molecule has 1 N–H and O–H groups in total. The van der Waals surface area contributed by atoms with Crippen molar-refractivity contribution in [1.82, 2.24) is 10.2 Å². The van der Waals surface area contributed by atoms with E-state index in [1.165, 1.54) is 6.07 Å². The van der Waals surface area contributed by atoms with Gasteiger partial charge >= 0.3 is 6.03 Å². The van der Waals surface area contributed by atoms with Gasteiger partial charge in [0.25, 0.3) is 0 Å². The largest absolute Gasteiger partial charge is 0.331 e. The van der Waals surface area contributed by atoms with Crippen LogP contribution in [0.2, 0.25) is 0 Å². The molecule has 1 atom stereocenters. The molecular weight excluding hydrogens is 219 g/mol. The predicted molar refractivity (Wildman–Crippen MR) is 66.3 cm³/mol. The summed E-state index contributed by atoms with van der Waals surface area (Å²) >= 11 is 0. The summed E-state index contributed by atoms with van der Waals surface area (Å²) in [6.45, 7) is 6.89. The summed E-state index contributed by atoms with van der Waals surface area (Å²) in [4.78, 5) is 13.5. The summed E-state index contributed by atoms with van der Waals surface area (Å²) in [5.74, 6) is -0.292. The van der Waals surface area contributed by atoms with E-state index in [1.54, 1.807) is 30.0 Å². The molecule has 0 aliphatic carbocycles. The van der Waals surface area contributed by atoms with Crippen LogP contribution in [0.5, 0.6) is 0 Å². The highest BCUT2D eigenvalue weighted by molar-refractivity contribution is 5.74. The van der Waals surface area contributed by atoms with Gasteiger partial charge in [-0.25, -0.2) is 9.18 Å². The van der Waals surface area contributed by atoms with Gasteiger partial charge in [-0.1, -0.05) is 18.2 Å². The Balaban J connectivity index is 2.70. The molecule has 1 unspecified atom stereocenters. The molecule has 3 nitrogen and oxygen atoms in total. The topological polar surface area (TPSA) is 32.3 Å². The van der Waals surface area contributed by atoms with E-state index in [-0.39, 0.29) is 17.9 Å². The van der Waals surface area contributed by atoms with Crippen LogP contribution in [0.4, 0.5) is 9.18 Å². The van der Waals surface area contributed by atoms with Crippen LogP contribution in [0, 0.1) is 5.82 Å². The van der Waals surface area contributed by atoms with Crippen LogP contribution < -0.4 is 5.32 Å². The first-order valence-electron chi connectivity index (χ1n) is 5.90. The van der Waals surface area contributed by atoms with Crippen LogP contribution in [0.25, 0.3) is 0 Å². The van der Waals surface area contributed by atoms with E-state index in [1.807, 2.05) is 13.8 Å². The van der Waals surface area contributed by atoms with Crippen molar-refractivity contribution >= 4 is 6.03 Å². The molecule has 4 heteroatoms. The molecule has 0 aliphatic rings. The van der Waals surface area contributed by atoms with Gasteiger partial charge in [0.1, 0.15) is 5.82 Å². The van der Waals surface area contributed by atoms with E-state index in [0.29, 0.717) is 18.7 Å². The Kier molecular flexibility index (Phi) is 4.94. The van der Waals surface area contributed by atoms with Gasteiger partial charge < -0.3 is 10.2 Å². The maximum atomic E-state index is 13.5. The lowest BCUT2D eigenvalue weighted by Gasteiger charge is -2.22. The van der Waals surface area contributed by atoms with Crippen LogP contribution >= 0.6 is 0 Å². The van der Waals surface area contributed by atoms with Crippen LogP contribution in [-0.2, 0) is 0 Å². The molecule has 0 saturated carbocycles. The number of carbonyl (C=O) groups excluding carboxylic acids is 1. The molecule has 0 saturated heterocycles. The highest BCUT2D eigenvalue weighted by atomic mass is 19.1. The molecule has 17 heavy (non-hydrogen) atoms. The molecule has 0 heterocycles. The number of benzene rings is 1. The maximum Gasteiger partial charge on any atom is 0.317 e. The summed E-state index contributed by atoms with van der Waals surface area (Å²) in [5, 5.41) is 2.79. The zero-order valence-corrected chi connectivity index (χ0v) is 10.5. The first-order valence-corrected chi connectivity index (χ1v) is 5.90. The molecule has 0 radical (unpaired) electrons. The SMILES string of the molecule is CCN(CC)C(=O)NC(C)c1ccccc1F. The lowest BCUT2D eigenvalue weighted by atomic mass is 10.1. The van der Waals surface area contributed by atoms with Crippen molar-refractivity contribution in [1.29, 1.82) is 0 Å². The minimum Gasteiger partial charge on any atom is -0.331 e. The molecule has 0 fully saturated rings. The van der Waals surface area contributed by atoms with E-state index < -0.39 is 0 Å². The molecule has 2 amide bonds. The Morgan fingerprint density at radius 1 is 1.35 bits per heavy atom.